The van der Waals surface area contributed by atoms with Gasteiger partial charge in [-0.1, -0.05) is 6.92 Å². The van der Waals surface area contributed by atoms with Crippen LogP contribution in [0.3, 0.4) is 0 Å². The number of ketones is 3. The van der Waals surface area contributed by atoms with Gasteiger partial charge >= 0.3 is 0 Å². The van der Waals surface area contributed by atoms with Gasteiger partial charge in [-0.25, -0.2) is 0 Å². The van der Waals surface area contributed by atoms with Crippen LogP contribution in [-0.4, -0.2) is 22.9 Å². The van der Waals surface area contributed by atoms with E-state index in [0.29, 0.717) is 36.9 Å². The lowest BCUT2D eigenvalue weighted by molar-refractivity contribution is -0.140. The van der Waals surface area contributed by atoms with Crippen molar-refractivity contribution in [1.82, 2.24) is 0 Å². The average molecular weight is 333 g/mol. The van der Waals surface area contributed by atoms with Crippen molar-refractivity contribution in [1.29, 1.82) is 0 Å². The van der Waals surface area contributed by atoms with Crippen LogP contribution in [0.25, 0.3) is 0 Å². The fraction of sp³-hybridized carbons (Fsp3) is 0.850. The van der Waals surface area contributed by atoms with Gasteiger partial charge < -0.3 is 10.5 Å². The topological polar surface area (TPSA) is 77.2 Å². The molecular formula is C20H31NO3. The maximum absolute atomic E-state index is 12.6. The fourth-order valence-electron chi connectivity index (χ4n) is 6.44. The Balaban J connectivity index is 1.87. The zero-order valence-electron chi connectivity index (χ0n) is 15.3. The van der Waals surface area contributed by atoms with Crippen LogP contribution in [0.5, 0.6) is 0 Å². The molecule has 0 aromatic heterocycles. The summed E-state index contributed by atoms with van der Waals surface area (Å²) < 4.78 is 0. The van der Waals surface area contributed by atoms with Gasteiger partial charge in [-0.2, -0.15) is 0 Å². The smallest absolute Gasteiger partial charge is 0.152 e. The van der Waals surface area contributed by atoms with E-state index in [4.69, 9.17) is 5.73 Å². The van der Waals surface area contributed by atoms with Crippen molar-refractivity contribution in [3.8, 4) is 0 Å². The summed E-state index contributed by atoms with van der Waals surface area (Å²) in [5.74, 6) is 1.86. The first kappa shape index (κ1) is 17.8. The lowest BCUT2D eigenvalue weighted by Crippen LogP contribution is -2.62. The van der Waals surface area contributed by atoms with E-state index < -0.39 is 5.54 Å². The number of hydrogen-bond acceptors (Lipinski definition) is 4. The molecule has 2 N–H and O–H groups in total. The summed E-state index contributed by atoms with van der Waals surface area (Å²) in [5.41, 5.74) is 5.91. The molecule has 24 heavy (non-hydrogen) atoms. The molecule has 0 radical (unpaired) electrons. The maximum atomic E-state index is 12.6. The predicted molar refractivity (Wildman–Crippen MR) is 92.3 cm³/mol. The minimum absolute atomic E-state index is 0.0782. The van der Waals surface area contributed by atoms with Gasteiger partial charge in [-0.05, 0) is 75.5 Å². The number of carbonyl (C=O) groups is 3. The van der Waals surface area contributed by atoms with Crippen LogP contribution in [0.15, 0.2) is 0 Å². The summed E-state index contributed by atoms with van der Waals surface area (Å²) in [6.07, 6.45) is 6.29. The molecule has 4 heteroatoms. The van der Waals surface area contributed by atoms with Gasteiger partial charge in [0, 0.05) is 18.8 Å². The molecule has 0 aliphatic heterocycles. The van der Waals surface area contributed by atoms with E-state index in [0.717, 1.165) is 32.1 Å². The Morgan fingerprint density at radius 1 is 1.12 bits per heavy atom. The van der Waals surface area contributed by atoms with E-state index in [2.05, 4.69) is 6.92 Å². The van der Waals surface area contributed by atoms with E-state index in [1.807, 2.05) is 0 Å². The Morgan fingerprint density at radius 2 is 1.83 bits per heavy atom. The van der Waals surface area contributed by atoms with Crippen LogP contribution in [0.4, 0.5) is 0 Å². The van der Waals surface area contributed by atoms with Crippen LogP contribution in [0, 0.1) is 29.1 Å². The zero-order valence-corrected chi connectivity index (χ0v) is 15.3. The Hall–Kier alpha value is -1.03. The first-order chi connectivity index (χ1) is 11.2. The quantitative estimate of drug-likeness (QED) is 0.857. The summed E-state index contributed by atoms with van der Waals surface area (Å²) in [6, 6.07) is 0. The van der Waals surface area contributed by atoms with E-state index in [9.17, 15) is 14.4 Å². The molecule has 0 spiro atoms. The fourth-order valence-corrected chi connectivity index (χ4v) is 6.44. The standard InChI is InChI=1S/C20H31NO3/c1-12(22)8-11-20(21)17-9-10-19(3)15(13(2)23)5-6-16(19)14(17)4-7-18(20)24/h14-17H,4-11,21H2,1-3H3/t14-,15+,16-,17-,19+,20-/m1/s1. The highest BCUT2D eigenvalue weighted by molar-refractivity contribution is 5.90. The van der Waals surface area contributed by atoms with Crippen LogP contribution in [0.1, 0.15) is 72.1 Å². The van der Waals surface area contributed by atoms with Crippen LogP contribution < -0.4 is 5.73 Å². The van der Waals surface area contributed by atoms with Crippen LogP contribution >= 0.6 is 0 Å². The first-order valence-corrected chi connectivity index (χ1v) is 9.52. The summed E-state index contributed by atoms with van der Waals surface area (Å²) in [6.45, 7) is 5.59. The minimum atomic E-state index is -0.829. The summed E-state index contributed by atoms with van der Waals surface area (Å²) in [7, 11) is 0. The highest BCUT2D eigenvalue weighted by Gasteiger charge is 2.60. The molecule has 0 saturated heterocycles. The number of carbonyl (C=O) groups excluding carboxylic acids is 3. The number of rotatable bonds is 4. The van der Waals surface area contributed by atoms with Gasteiger partial charge in [0.2, 0.25) is 0 Å². The van der Waals surface area contributed by atoms with Crippen molar-refractivity contribution >= 4 is 17.3 Å². The average Bonchev–Trinajstić information content (AvgIpc) is 2.86. The first-order valence-electron chi connectivity index (χ1n) is 9.52. The van der Waals surface area contributed by atoms with E-state index in [-0.39, 0.29) is 28.8 Å². The molecule has 3 aliphatic carbocycles. The number of Topliss-reactive ketones (excluding diaryl/α,β-unsaturated/α-hetero) is 3. The zero-order chi connectivity index (χ0) is 17.7. The van der Waals surface area contributed by atoms with Gasteiger partial charge in [0.1, 0.15) is 11.6 Å². The van der Waals surface area contributed by atoms with Crippen LogP contribution in [-0.2, 0) is 14.4 Å². The van der Waals surface area contributed by atoms with Crippen molar-refractivity contribution in [3.05, 3.63) is 0 Å². The van der Waals surface area contributed by atoms with Crippen molar-refractivity contribution in [3.63, 3.8) is 0 Å². The third-order valence-corrected chi connectivity index (χ3v) is 7.70. The molecule has 0 unspecified atom stereocenters. The molecule has 3 aliphatic rings. The highest BCUT2D eigenvalue weighted by atomic mass is 16.1. The molecule has 3 fully saturated rings. The third-order valence-electron chi connectivity index (χ3n) is 7.70. The van der Waals surface area contributed by atoms with Crippen molar-refractivity contribution in [2.45, 2.75) is 77.7 Å². The second-order valence-corrected chi connectivity index (χ2v) is 8.87. The normalized spacial score (nSPS) is 44.8. The lowest BCUT2D eigenvalue weighted by Gasteiger charge is -2.55. The van der Waals surface area contributed by atoms with Crippen molar-refractivity contribution in [2.75, 3.05) is 0 Å². The van der Waals surface area contributed by atoms with Crippen LogP contribution in [0.2, 0.25) is 0 Å². The van der Waals surface area contributed by atoms with E-state index in [1.54, 1.807) is 13.8 Å². The number of hydrogen-bond donors (Lipinski definition) is 1. The van der Waals surface area contributed by atoms with Crippen molar-refractivity contribution in [2.24, 2.45) is 34.8 Å². The molecule has 4 nitrogen and oxygen atoms in total. The Labute approximate surface area is 144 Å². The SMILES string of the molecule is CC(=O)CC[C@]1(N)C(=O)CC[C@@H]2[C@H]3CC[C@@H](C(C)=O)[C@]3(C)CC[C@H]21. The molecule has 0 aromatic rings. The minimum Gasteiger partial charge on any atom is -0.319 e. The van der Waals surface area contributed by atoms with Gasteiger partial charge in [0.25, 0.3) is 0 Å². The monoisotopic (exact) mass is 333 g/mol. The molecule has 3 saturated carbocycles. The molecule has 0 aromatic carbocycles. The van der Waals surface area contributed by atoms with Gasteiger partial charge in [-0.15, -0.1) is 0 Å². The Bertz CT molecular complexity index is 571. The summed E-state index contributed by atoms with van der Waals surface area (Å²) >= 11 is 0. The van der Waals surface area contributed by atoms with Gasteiger partial charge in [0.15, 0.2) is 5.78 Å². The molecule has 134 valence electrons. The predicted octanol–water partition coefficient (Wildman–Crippen LogP) is 3.06. The second-order valence-electron chi connectivity index (χ2n) is 8.87. The highest BCUT2D eigenvalue weighted by Crippen LogP contribution is 2.62. The molecule has 0 heterocycles. The van der Waals surface area contributed by atoms with Crippen molar-refractivity contribution < 1.29 is 14.4 Å². The maximum Gasteiger partial charge on any atom is 0.152 e. The second kappa shape index (κ2) is 6.05. The van der Waals surface area contributed by atoms with E-state index in [1.165, 1.54) is 0 Å². The summed E-state index contributed by atoms with van der Waals surface area (Å²) in [5, 5.41) is 0. The molecule has 6 atom stereocenters. The van der Waals surface area contributed by atoms with E-state index >= 15 is 0 Å². The summed E-state index contributed by atoms with van der Waals surface area (Å²) in [4.78, 5) is 36.2. The number of nitrogens with two attached hydrogens (primary N) is 1. The Kier molecular flexibility index (Phi) is 4.48. The molecule has 3 rings (SSSR count). The lowest BCUT2D eigenvalue weighted by atomic mass is 9.50. The van der Waals surface area contributed by atoms with Gasteiger partial charge in [0.05, 0.1) is 5.54 Å². The molecular weight excluding hydrogens is 302 g/mol. The molecule has 0 amide bonds. The molecule has 0 bridgehead atoms. The van der Waals surface area contributed by atoms with Gasteiger partial charge in [-0.3, -0.25) is 9.59 Å². The third kappa shape index (κ3) is 2.58. The largest absolute Gasteiger partial charge is 0.319 e. The number of fused-ring (bicyclic) bond motifs is 3. The Morgan fingerprint density at radius 3 is 2.46 bits per heavy atom.